The molecule has 3 saturated heterocycles. The standard InChI is InChI=1S/C39H43F4N11O4/c1-2-23-15-26(9-10-44-23)54-45-18-31(48-54)38(57)46-32-21-53(49-35(32)36(42)43)25-5-3-24(4-6-25)50-11-13-51(14-12-50)39(58)22-19-52(20-22)27-16-29(40)34(30(41)17-27)28-7-8-33(55)47-37(28)56/h9-10,15-18,21-22,24-25,28,36H,2-8,11-14,19-20H2,1H3,(H,46,57)(H,47,55,56)/t24?,25?,28-/m1/s1. The first-order valence-electron chi connectivity index (χ1n) is 19.6. The summed E-state index contributed by atoms with van der Waals surface area (Å²) in [6.45, 7) is 5.08. The molecule has 306 valence electrons. The normalized spacial score (nSPS) is 21.9. The number of halogens is 4. The molecule has 19 heteroatoms. The maximum absolute atomic E-state index is 15.1. The molecular weight excluding hydrogens is 762 g/mol. The van der Waals surface area contributed by atoms with Crippen molar-refractivity contribution in [3.63, 3.8) is 0 Å². The van der Waals surface area contributed by atoms with Crippen LogP contribution in [0.4, 0.5) is 28.9 Å². The number of pyridine rings is 1. The number of rotatable bonds is 10. The fourth-order valence-electron chi connectivity index (χ4n) is 8.47. The number of benzene rings is 1. The van der Waals surface area contributed by atoms with Crippen LogP contribution in [0.25, 0.3) is 5.69 Å². The van der Waals surface area contributed by atoms with Gasteiger partial charge in [0.15, 0.2) is 11.4 Å². The van der Waals surface area contributed by atoms with Gasteiger partial charge in [0, 0.05) is 81.1 Å². The van der Waals surface area contributed by atoms with Gasteiger partial charge < -0.3 is 15.1 Å². The molecule has 1 atom stereocenters. The van der Waals surface area contributed by atoms with Gasteiger partial charge in [0.25, 0.3) is 12.3 Å². The van der Waals surface area contributed by atoms with Crippen LogP contribution < -0.4 is 15.5 Å². The third-order valence-electron chi connectivity index (χ3n) is 11.8. The number of hydrogen-bond acceptors (Lipinski definition) is 10. The fraction of sp³-hybridized carbons (Fsp3) is 0.487. The molecule has 4 fully saturated rings. The molecule has 4 amide bonds. The van der Waals surface area contributed by atoms with E-state index in [4.69, 9.17) is 0 Å². The molecule has 0 spiro atoms. The van der Waals surface area contributed by atoms with E-state index in [2.05, 4.69) is 35.8 Å². The molecule has 1 aromatic carbocycles. The average molecular weight is 806 g/mol. The van der Waals surface area contributed by atoms with Gasteiger partial charge in [-0.2, -0.15) is 15.0 Å². The van der Waals surface area contributed by atoms with Crippen LogP contribution in [-0.2, 0) is 20.8 Å². The fourth-order valence-corrected chi connectivity index (χ4v) is 8.47. The number of piperidine rings is 1. The summed E-state index contributed by atoms with van der Waals surface area (Å²) in [7, 11) is 0. The van der Waals surface area contributed by atoms with Crippen molar-refractivity contribution in [3.05, 3.63) is 77.1 Å². The second-order valence-corrected chi connectivity index (χ2v) is 15.3. The Bertz CT molecular complexity index is 2180. The Balaban J connectivity index is 0.804. The lowest BCUT2D eigenvalue weighted by Crippen LogP contribution is -2.59. The Morgan fingerprint density at radius 2 is 1.64 bits per heavy atom. The molecular formula is C39H43F4N11O4. The van der Waals surface area contributed by atoms with E-state index in [9.17, 15) is 28.0 Å². The van der Waals surface area contributed by atoms with E-state index < -0.39 is 47.4 Å². The number of aryl methyl sites for hydroxylation is 1. The van der Waals surface area contributed by atoms with Crippen LogP contribution in [-0.4, -0.2) is 108 Å². The Labute approximate surface area is 330 Å². The van der Waals surface area contributed by atoms with Crippen LogP contribution in [0.2, 0.25) is 0 Å². The van der Waals surface area contributed by atoms with Crippen LogP contribution in [0, 0.1) is 17.6 Å². The number of nitrogens with zero attached hydrogens (tertiary/aromatic N) is 9. The largest absolute Gasteiger partial charge is 0.370 e. The van der Waals surface area contributed by atoms with E-state index in [1.165, 1.54) is 34.0 Å². The Hall–Kier alpha value is -5.72. The second-order valence-electron chi connectivity index (χ2n) is 15.3. The summed E-state index contributed by atoms with van der Waals surface area (Å²) in [6.07, 6.45) is 5.24. The second kappa shape index (κ2) is 16.3. The van der Waals surface area contributed by atoms with E-state index in [-0.39, 0.29) is 53.7 Å². The monoisotopic (exact) mass is 805 g/mol. The summed E-state index contributed by atoms with van der Waals surface area (Å²) in [5, 5.41) is 17.3. The number of carbonyl (C=O) groups excluding carboxylic acids is 4. The van der Waals surface area contributed by atoms with E-state index in [1.54, 1.807) is 23.2 Å². The molecule has 58 heavy (non-hydrogen) atoms. The van der Waals surface area contributed by atoms with E-state index >= 15 is 8.78 Å². The number of amides is 4. The van der Waals surface area contributed by atoms with Crippen LogP contribution >= 0.6 is 0 Å². The molecule has 1 saturated carbocycles. The third-order valence-corrected chi connectivity index (χ3v) is 11.8. The number of imide groups is 1. The van der Waals surface area contributed by atoms with Crippen LogP contribution in [0.5, 0.6) is 0 Å². The third kappa shape index (κ3) is 7.91. The first-order chi connectivity index (χ1) is 27.9. The first-order valence-corrected chi connectivity index (χ1v) is 19.6. The molecule has 1 aliphatic carbocycles. The predicted molar refractivity (Wildman–Crippen MR) is 200 cm³/mol. The summed E-state index contributed by atoms with van der Waals surface area (Å²) in [5.41, 5.74) is 0.766. The summed E-state index contributed by atoms with van der Waals surface area (Å²) in [4.78, 5) is 61.6. The van der Waals surface area contributed by atoms with Crippen molar-refractivity contribution >= 4 is 35.0 Å². The summed E-state index contributed by atoms with van der Waals surface area (Å²) in [6, 6.07) is 6.00. The maximum Gasteiger partial charge on any atom is 0.284 e. The van der Waals surface area contributed by atoms with Crippen molar-refractivity contribution in [3.8, 4) is 5.69 Å². The molecule has 3 aromatic heterocycles. The van der Waals surface area contributed by atoms with Crippen LogP contribution in [0.1, 0.15) is 91.3 Å². The van der Waals surface area contributed by atoms with Gasteiger partial charge in [-0.3, -0.25) is 39.1 Å². The Morgan fingerprint density at radius 3 is 2.31 bits per heavy atom. The lowest BCUT2D eigenvalue weighted by atomic mass is 9.89. The highest BCUT2D eigenvalue weighted by Crippen LogP contribution is 2.36. The molecule has 0 bridgehead atoms. The van der Waals surface area contributed by atoms with Crippen molar-refractivity contribution in [1.29, 1.82) is 0 Å². The molecule has 6 heterocycles. The number of hydrogen-bond donors (Lipinski definition) is 2. The minimum absolute atomic E-state index is 0.000974. The highest BCUT2D eigenvalue weighted by molar-refractivity contribution is 6.03. The van der Waals surface area contributed by atoms with Gasteiger partial charge in [0.05, 0.1) is 35.4 Å². The average Bonchev–Trinajstić information content (AvgIpc) is 3.87. The first kappa shape index (κ1) is 39.1. The molecule has 4 aromatic rings. The summed E-state index contributed by atoms with van der Waals surface area (Å²) < 4.78 is 59.9. The quantitative estimate of drug-likeness (QED) is 0.176. The topological polar surface area (TPSA) is 163 Å². The SMILES string of the molecule is CCc1cc(-n2ncc(C(=O)Nc3cn(C4CCC(N5CCN(C(=O)C6CN(c7cc(F)c([C@H]8CCC(=O)NC8=O)c(F)c7)C6)CC5)CC4)nc3C(F)F)n2)ccn1. The zero-order chi connectivity index (χ0) is 40.7. The number of alkyl halides is 2. The van der Waals surface area contributed by atoms with Crippen molar-refractivity contribution in [1.82, 2.24) is 44.9 Å². The minimum Gasteiger partial charge on any atom is -0.370 e. The lowest BCUT2D eigenvalue weighted by molar-refractivity contribution is -0.138. The minimum atomic E-state index is -2.90. The molecule has 3 aliphatic heterocycles. The zero-order valence-electron chi connectivity index (χ0n) is 31.8. The number of nitrogens with one attached hydrogen (secondary N) is 2. The highest BCUT2D eigenvalue weighted by atomic mass is 19.3. The van der Waals surface area contributed by atoms with E-state index in [0.717, 1.165) is 18.5 Å². The van der Waals surface area contributed by atoms with Gasteiger partial charge in [-0.25, -0.2) is 17.6 Å². The Kier molecular flexibility index (Phi) is 11.0. The van der Waals surface area contributed by atoms with Gasteiger partial charge in [-0.1, -0.05) is 6.92 Å². The molecule has 15 nitrogen and oxygen atoms in total. The summed E-state index contributed by atoms with van der Waals surface area (Å²) >= 11 is 0. The van der Waals surface area contributed by atoms with Crippen molar-refractivity contribution in [2.75, 3.05) is 49.5 Å². The number of piperazine rings is 1. The molecule has 8 rings (SSSR count). The Morgan fingerprint density at radius 1 is 0.931 bits per heavy atom. The number of carbonyl (C=O) groups is 4. The highest BCUT2D eigenvalue weighted by Gasteiger charge is 2.39. The molecule has 0 unspecified atom stereocenters. The van der Waals surface area contributed by atoms with Crippen molar-refractivity contribution < 1.29 is 36.7 Å². The van der Waals surface area contributed by atoms with E-state index in [1.807, 2.05) is 11.8 Å². The van der Waals surface area contributed by atoms with Crippen molar-refractivity contribution in [2.24, 2.45) is 5.92 Å². The summed E-state index contributed by atoms with van der Waals surface area (Å²) in [5.74, 6) is -4.95. The van der Waals surface area contributed by atoms with Gasteiger partial charge in [-0.15, -0.1) is 5.10 Å². The molecule has 4 aliphatic rings. The van der Waals surface area contributed by atoms with Gasteiger partial charge in [0.1, 0.15) is 11.6 Å². The maximum atomic E-state index is 15.1. The number of anilines is 2. The zero-order valence-corrected chi connectivity index (χ0v) is 31.8. The predicted octanol–water partition coefficient (Wildman–Crippen LogP) is 4.17. The molecule has 2 N–H and O–H groups in total. The van der Waals surface area contributed by atoms with Gasteiger partial charge in [0.2, 0.25) is 17.7 Å². The van der Waals surface area contributed by atoms with Crippen LogP contribution in [0.3, 0.4) is 0 Å². The van der Waals surface area contributed by atoms with E-state index in [0.29, 0.717) is 69.9 Å². The lowest BCUT2D eigenvalue weighted by Gasteiger charge is -2.45. The van der Waals surface area contributed by atoms with Gasteiger partial charge >= 0.3 is 0 Å². The molecule has 0 radical (unpaired) electrons. The smallest absolute Gasteiger partial charge is 0.284 e. The van der Waals surface area contributed by atoms with Gasteiger partial charge in [-0.05, 0) is 62.8 Å². The van der Waals surface area contributed by atoms with Crippen LogP contribution in [0.15, 0.2) is 42.9 Å². The number of aromatic nitrogens is 6. The van der Waals surface area contributed by atoms with Crippen molar-refractivity contribution in [2.45, 2.75) is 76.3 Å².